The number of benzene rings is 3. The number of carboxylic acids is 1. The van der Waals surface area contributed by atoms with E-state index >= 15 is 0 Å². The van der Waals surface area contributed by atoms with E-state index in [1.54, 1.807) is 50.2 Å². The standard InChI is InChI=1S/C37H49N7O8.C9H12NO/c1-22(2)16-28(34(47)44-31(23(3)4)35(48)40-24(5)36(49)50)41-33(46)30(18-27-19-38-21-39-27)42-32(45)29(17-25-12-8-6-9-13-25)43-37(51)52-20-26-14-10-7-11-15-26;10-9(7-11)6-8-4-2-1-3-5-8/h6-15,19,21-24,28-31H,16-18,20H2,1-5H3,(H,38,39)(H,40,48)(H,41,46)(H,42,45)(H,43,51)(H,44,47)(H,49,50);1-5,9-11H,6-7H2/q;-1/t24-,28-,29-,30-,31-;9-/m00/s1. The molecule has 4 aromatic rings. The molecule has 3 aromatic carbocycles. The Morgan fingerprint density at radius 3 is 1.65 bits per heavy atom. The summed E-state index contributed by atoms with van der Waals surface area (Å²) in [7, 11) is 0. The number of aromatic amines is 1. The van der Waals surface area contributed by atoms with Crippen LogP contribution in [0.4, 0.5) is 4.79 Å². The number of aliphatic hydroxyl groups excluding tert-OH is 1. The number of aromatic nitrogens is 2. The molecule has 0 radical (unpaired) electrons. The van der Waals surface area contributed by atoms with Crippen molar-refractivity contribution in [3.63, 3.8) is 0 Å². The maximum Gasteiger partial charge on any atom is 0.408 e. The second-order valence-electron chi connectivity index (χ2n) is 15.8. The van der Waals surface area contributed by atoms with E-state index in [4.69, 9.17) is 15.6 Å². The van der Waals surface area contributed by atoms with Crippen molar-refractivity contribution in [3.8, 4) is 0 Å². The van der Waals surface area contributed by atoms with E-state index in [0.29, 0.717) is 12.1 Å². The zero-order chi connectivity index (χ0) is 46.3. The summed E-state index contributed by atoms with van der Waals surface area (Å²) in [6, 6.07) is 21.7. The summed E-state index contributed by atoms with van der Waals surface area (Å²) in [5.41, 5.74) is 10.4. The molecule has 17 heteroatoms. The van der Waals surface area contributed by atoms with Gasteiger partial charge in [0, 0.05) is 31.3 Å². The highest BCUT2D eigenvalue weighted by molar-refractivity contribution is 5.96. The van der Waals surface area contributed by atoms with Gasteiger partial charge in [-0.25, -0.2) is 9.78 Å². The predicted molar refractivity (Wildman–Crippen MR) is 237 cm³/mol. The smallest absolute Gasteiger partial charge is 0.408 e. The van der Waals surface area contributed by atoms with Crippen molar-refractivity contribution < 1.29 is 43.7 Å². The van der Waals surface area contributed by atoms with Crippen molar-refractivity contribution in [2.24, 2.45) is 11.8 Å². The molecule has 1 heterocycles. The van der Waals surface area contributed by atoms with Crippen LogP contribution in [0.3, 0.4) is 0 Å². The van der Waals surface area contributed by atoms with Crippen LogP contribution in [0.5, 0.6) is 0 Å². The maximum absolute atomic E-state index is 13.9. The molecule has 340 valence electrons. The molecule has 4 rings (SSSR count). The van der Waals surface area contributed by atoms with E-state index < -0.39 is 71.8 Å². The second kappa shape index (κ2) is 26.7. The number of carbonyl (C=O) groups is 6. The van der Waals surface area contributed by atoms with E-state index in [1.807, 2.05) is 68.4 Å². The topological polar surface area (TPSA) is 265 Å². The van der Waals surface area contributed by atoms with Crippen molar-refractivity contribution in [1.82, 2.24) is 36.6 Å². The normalized spacial score (nSPS) is 13.7. The van der Waals surface area contributed by atoms with Crippen molar-refractivity contribution in [1.29, 1.82) is 0 Å². The van der Waals surface area contributed by atoms with Crippen molar-refractivity contribution >= 4 is 35.7 Å². The highest BCUT2D eigenvalue weighted by Crippen LogP contribution is 2.12. The van der Waals surface area contributed by atoms with Gasteiger partial charge >= 0.3 is 12.1 Å². The second-order valence-corrected chi connectivity index (χ2v) is 15.8. The molecule has 17 nitrogen and oxygen atoms in total. The lowest BCUT2D eigenvalue weighted by atomic mass is 9.99. The van der Waals surface area contributed by atoms with Crippen LogP contribution < -0.4 is 26.6 Å². The lowest BCUT2D eigenvalue weighted by Crippen LogP contribution is -2.60. The van der Waals surface area contributed by atoms with Crippen molar-refractivity contribution in [3.05, 3.63) is 132 Å². The Morgan fingerprint density at radius 2 is 1.16 bits per heavy atom. The molecular formula is C46H61N8O9-. The number of alkyl carbamates (subject to hydrolysis) is 1. The van der Waals surface area contributed by atoms with Gasteiger partial charge in [0.1, 0.15) is 36.8 Å². The quantitative estimate of drug-likeness (QED) is 0.0565. The van der Waals surface area contributed by atoms with E-state index in [1.165, 1.54) is 19.4 Å². The number of nitrogens with zero attached hydrogens (tertiary/aromatic N) is 1. The van der Waals surface area contributed by atoms with Gasteiger partial charge in [0.25, 0.3) is 0 Å². The van der Waals surface area contributed by atoms with Crippen LogP contribution >= 0.6 is 0 Å². The first-order valence-corrected chi connectivity index (χ1v) is 20.8. The average Bonchev–Trinajstić information content (AvgIpc) is 3.78. The van der Waals surface area contributed by atoms with Crippen LogP contribution in [0.25, 0.3) is 5.73 Å². The van der Waals surface area contributed by atoms with Gasteiger partial charge in [0.2, 0.25) is 23.6 Å². The number of hydrogen-bond acceptors (Lipinski definition) is 9. The highest BCUT2D eigenvalue weighted by atomic mass is 16.5. The molecule has 0 saturated heterocycles. The third-order valence-corrected chi connectivity index (χ3v) is 9.58. The predicted octanol–water partition coefficient (Wildman–Crippen LogP) is 3.88. The minimum Gasteiger partial charge on any atom is -0.673 e. The fraction of sp³-hybridized carbons (Fsp3) is 0.413. The Morgan fingerprint density at radius 1 is 0.651 bits per heavy atom. The van der Waals surface area contributed by atoms with E-state index in [2.05, 4.69) is 36.6 Å². The fourth-order valence-electron chi connectivity index (χ4n) is 6.16. The third kappa shape index (κ3) is 18.9. The lowest BCUT2D eigenvalue weighted by molar-refractivity contribution is -0.142. The lowest BCUT2D eigenvalue weighted by Gasteiger charge is -2.28. The summed E-state index contributed by atoms with van der Waals surface area (Å²) in [6.07, 6.45) is 2.96. The van der Waals surface area contributed by atoms with Crippen LogP contribution in [0, 0.1) is 11.8 Å². The molecule has 0 unspecified atom stereocenters. The van der Waals surface area contributed by atoms with Crippen LogP contribution in [0.1, 0.15) is 63.4 Å². The van der Waals surface area contributed by atoms with Gasteiger partial charge in [-0.3, -0.25) is 24.0 Å². The molecule has 0 bridgehead atoms. The molecule has 1 aromatic heterocycles. The SMILES string of the molecule is CC(C)C[C@H](NC(=O)[C@H](Cc1cnc[nH]1)NC(=O)[C@H](Cc1ccccc1)NC(=O)OCc1ccccc1)C(=O)N[C@H](C(=O)N[C@@H](C)C(=O)O)C(C)C.[NH-][C@H](CO)Cc1ccccc1. The van der Waals surface area contributed by atoms with Gasteiger partial charge in [0.15, 0.2) is 0 Å². The van der Waals surface area contributed by atoms with Gasteiger partial charge in [0.05, 0.1) is 6.33 Å². The summed E-state index contributed by atoms with van der Waals surface area (Å²) in [5, 5.41) is 31.0. The number of H-pyrrole nitrogens is 1. The number of ether oxygens (including phenoxy) is 1. The molecule has 5 amide bonds. The summed E-state index contributed by atoms with van der Waals surface area (Å²) in [4.78, 5) is 85.5. The van der Waals surface area contributed by atoms with Crippen LogP contribution in [-0.4, -0.2) is 98.7 Å². The number of carboxylic acid groups (broad SMARTS) is 1. The molecule has 0 fully saturated rings. The fourth-order valence-corrected chi connectivity index (χ4v) is 6.16. The highest BCUT2D eigenvalue weighted by Gasteiger charge is 2.34. The van der Waals surface area contributed by atoms with Gasteiger partial charge in [-0.1, -0.05) is 119 Å². The third-order valence-electron chi connectivity index (χ3n) is 9.58. The number of amides is 5. The number of nitrogens with one attached hydrogen (secondary N) is 7. The summed E-state index contributed by atoms with van der Waals surface area (Å²) >= 11 is 0. The molecule has 6 atom stereocenters. The average molecular weight is 870 g/mol. The number of imidazole rings is 1. The molecule has 0 aliphatic carbocycles. The summed E-state index contributed by atoms with van der Waals surface area (Å²) in [6.45, 7) is 8.33. The number of hydrogen-bond donors (Lipinski definition) is 8. The molecule has 63 heavy (non-hydrogen) atoms. The van der Waals surface area contributed by atoms with Gasteiger partial charge in [-0.2, -0.15) is 0 Å². The molecule has 0 saturated carbocycles. The first-order valence-electron chi connectivity index (χ1n) is 20.8. The van der Waals surface area contributed by atoms with Gasteiger partial charge in [-0.15, -0.1) is 6.04 Å². The maximum atomic E-state index is 13.9. The van der Waals surface area contributed by atoms with E-state index in [0.717, 1.165) is 16.7 Å². The molecule has 9 N–H and O–H groups in total. The summed E-state index contributed by atoms with van der Waals surface area (Å²) < 4.78 is 5.37. The monoisotopic (exact) mass is 869 g/mol. The molecule has 0 aliphatic rings. The van der Waals surface area contributed by atoms with E-state index in [9.17, 15) is 33.9 Å². The molecule has 0 spiro atoms. The van der Waals surface area contributed by atoms with Crippen LogP contribution in [0.15, 0.2) is 104 Å². The zero-order valence-electron chi connectivity index (χ0n) is 36.4. The number of carbonyl (C=O) groups excluding carboxylic acids is 5. The van der Waals surface area contributed by atoms with Crippen LogP contribution in [-0.2, 0) is 54.6 Å². The number of aliphatic carboxylic acids is 1. The molecule has 0 aliphatic heterocycles. The number of rotatable bonds is 22. The Hall–Kier alpha value is -6.59. The minimum absolute atomic E-state index is 0.0194. The first kappa shape index (κ1) is 50.8. The Bertz CT molecular complexity index is 2000. The van der Waals surface area contributed by atoms with Crippen LogP contribution in [0.2, 0.25) is 0 Å². The van der Waals surface area contributed by atoms with Gasteiger partial charge in [-0.05, 0) is 48.3 Å². The molecular weight excluding hydrogens is 809 g/mol. The Balaban J connectivity index is 0.000000832. The van der Waals surface area contributed by atoms with E-state index in [-0.39, 0.29) is 44.4 Å². The Kier molecular flexibility index (Phi) is 21.5. The summed E-state index contributed by atoms with van der Waals surface area (Å²) in [5.74, 6) is -4.43. The number of aliphatic hydroxyl groups is 1. The zero-order valence-corrected chi connectivity index (χ0v) is 36.4. The first-order chi connectivity index (χ1) is 30.1. The van der Waals surface area contributed by atoms with Crippen molar-refractivity contribution in [2.75, 3.05) is 6.61 Å². The Labute approximate surface area is 368 Å². The van der Waals surface area contributed by atoms with Crippen molar-refractivity contribution in [2.45, 2.75) is 103 Å². The van der Waals surface area contributed by atoms with Gasteiger partial charge < -0.3 is 52.3 Å². The largest absolute Gasteiger partial charge is 0.673 e. The minimum atomic E-state index is -1.23.